The Morgan fingerprint density at radius 3 is 2.52 bits per heavy atom. The Balaban J connectivity index is 1.30. The molecule has 1 heterocycles. The monoisotopic (exact) mass is 358 g/mol. The van der Waals surface area contributed by atoms with E-state index in [-0.39, 0.29) is 10.8 Å². The predicted molar refractivity (Wildman–Crippen MR) is 113 cm³/mol. The van der Waals surface area contributed by atoms with Crippen LogP contribution in [0, 0.1) is 5.92 Å². The topological polar surface area (TPSA) is 29.3 Å². The highest BCUT2D eigenvalue weighted by molar-refractivity contribution is 5.65. The molecular weight excluding hydrogens is 328 g/mol. The summed E-state index contributed by atoms with van der Waals surface area (Å²) in [6.45, 7) is 5.60. The van der Waals surface area contributed by atoms with Crippen molar-refractivity contribution in [2.24, 2.45) is 11.7 Å². The van der Waals surface area contributed by atoms with Gasteiger partial charge in [0.1, 0.15) is 0 Å². The highest BCUT2D eigenvalue weighted by atomic mass is 15.2. The lowest BCUT2D eigenvalue weighted by molar-refractivity contribution is 0.0115. The maximum Gasteiger partial charge on any atom is 0.0191 e. The van der Waals surface area contributed by atoms with Gasteiger partial charge in [0.05, 0.1) is 0 Å². The minimum absolute atomic E-state index is 0.199. The molecule has 0 amide bonds. The number of piperidine rings is 1. The fourth-order valence-corrected chi connectivity index (χ4v) is 5.97. The van der Waals surface area contributed by atoms with E-state index in [0.717, 1.165) is 6.54 Å². The van der Waals surface area contributed by atoms with Crippen molar-refractivity contribution in [3.63, 3.8) is 0 Å². The summed E-state index contributed by atoms with van der Waals surface area (Å²) in [5, 5.41) is 0. The highest BCUT2D eigenvalue weighted by Gasteiger charge is 2.50. The van der Waals surface area contributed by atoms with E-state index in [9.17, 15) is 0 Å². The van der Waals surface area contributed by atoms with E-state index in [4.69, 9.17) is 5.73 Å². The molecule has 1 spiro atoms. The van der Waals surface area contributed by atoms with Crippen LogP contribution in [0.25, 0.3) is 6.08 Å². The van der Waals surface area contributed by atoms with Gasteiger partial charge in [-0.15, -0.1) is 0 Å². The second-order valence-corrected chi connectivity index (χ2v) is 9.02. The standard InChI is InChI=1S/C25H30N2/c1-19-17-27(14-13-25(19)12-11-20-7-5-6-10-23(20)25)22-15-24(16-22,18-26)21-8-3-2-4-9-21/h2-12,19,22H,13-18,26H2,1H3/t19-,22?,24?,25-/m0/s1. The summed E-state index contributed by atoms with van der Waals surface area (Å²) in [6.07, 6.45) is 8.49. The number of allylic oxidation sites excluding steroid dienone is 1. The quantitative estimate of drug-likeness (QED) is 0.884. The Morgan fingerprint density at radius 1 is 1.04 bits per heavy atom. The van der Waals surface area contributed by atoms with Crippen LogP contribution in [-0.4, -0.2) is 30.6 Å². The van der Waals surface area contributed by atoms with Crippen LogP contribution in [-0.2, 0) is 10.8 Å². The SMILES string of the molecule is C[C@H]1CN(C2CC(CN)(c3ccccc3)C2)CC[C@@]12C=Cc1ccccc12. The Labute approximate surface area is 163 Å². The summed E-state index contributed by atoms with van der Waals surface area (Å²) >= 11 is 0. The normalized spacial score (nSPS) is 35.2. The van der Waals surface area contributed by atoms with Gasteiger partial charge in [0.2, 0.25) is 0 Å². The van der Waals surface area contributed by atoms with Crippen molar-refractivity contribution in [2.75, 3.05) is 19.6 Å². The zero-order valence-electron chi connectivity index (χ0n) is 16.3. The summed E-state index contributed by atoms with van der Waals surface area (Å²) in [5.41, 5.74) is 11.1. The smallest absolute Gasteiger partial charge is 0.0191 e. The third kappa shape index (κ3) is 2.54. The summed E-state index contributed by atoms with van der Waals surface area (Å²) < 4.78 is 0. The number of nitrogens with zero attached hydrogens (tertiary/aromatic N) is 1. The van der Waals surface area contributed by atoms with Gasteiger partial charge in [-0.2, -0.15) is 0 Å². The fraction of sp³-hybridized carbons (Fsp3) is 0.440. The first-order valence-corrected chi connectivity index (χ1v) is 10.5. The largest absolute Gasteiger partial charge is 0.330 e. The molecule has 2 atom stereocenters. The molecule has 3 aliphatic rings. The van der Waals surface area contributed by atoms with Crippen molar-refractivity contribution in [1.82, 2.24) is 4.90 Å². The van der Waals surface area contributed by atoms with Crippen LogP contribution in [0.5, 0.6) is 0 Å². The molecule has 0 radical (unpaired) electrons. The van der Waals surface area contributed by atoms with Gasteiger partial charge in [0.25, 0.3) is 0 Å². The van der Waals surface area contributed by atoms with Gasteiger partial charge >= 0.3 is 0 Å². The summed E-state index contributed by atoms with van der Waals surface area (Å²) in [5.74, 6) is 0.649. The molecule has 1 saturated heterocycles. The van der Waals surface area contributed by atoms with Gasteiger partial charge < -0.3 is 5.73 Å². The van der Waals surface area contributed by atoms with Crippen LogP contribution in [0.2, 0.25) is 0 Å². The van der Waals surface area contributed by atoms with E-state index in [1.165, 1.54) is 43.5 Å². The first-order valence-electron chi connectivity index (χ1n) is 10.5. The number of hydrogen-bond donors (Lipinski definition) is 1. The molecule has 5 rings (SSSR count). The van der Waals surface area contributed by atoms with Crippen LogP contribution in [0.4, 0.5) is 0 Å². The highest BCUT2D eigenvalue weighted by Crippen LogP contribution is 2.50. The lowest BCUT2D eigenvalue weighted by Crippen LogP contribution is -2.60. The van der Waals surface area contributed by atoms with Gasteiger partial charge in [-0.25, -0.2) is 0 Å². The molecule has 2 N–H and O–H groups in total. The zero-order valence-corrected chi connectivity index (χ0v) is 16.3. The third-order valence-corrected chi connectivity index (χ3v) is 7.77. The van der Waals surface area contributed by atoms with Gasteiger partial charge in [-0.05, 0) is 48.4 Å². The van der Waals surface area contributed by atoms with Gasteiger partial charge in [-0.1, -0.05) is 73.7 Å². The van der Waals surface area contributed by atoms with Gasteiger partial charge in [-0.3, -0.25) is 4.90 Å². The predicted octanol–water partition coefficient (Wildman–Crippen LogP) is 4.35. The van der Waals surface area contributed by atoms with Crippen LogP contribution >= 0.6 is 0 Å². The van der Waals surface area contributed by atoms with Gasteiger partial charge in [0, 0.05) is 30.0 Å². The van der Waals surface area contributed by atoms with E-state index in [1.807, 2.05) is 0 Å². The maximum atomic E-state index is 6.24. The first kappa shape index (κ1) is 17.2. The Hall–Kier alpha value is -1.90. The van der Waals surface area contributed by atoms with Crippen molar-refractivity contribution < 1.29 is 0 Å². The molecule has 2 fully saturated rings. The summed E-state index contributed by atoms with van der Waals surface area (Å²) in [6, 6.07) is 20.6. The Morgan fingerprint density at radius 2 is 1.78 bits per heavy atom. The molecule has 0 aromatic heterocycles. The van der Waals surface area contributed by atoms with Crippen molar-refractivity contribution in [3.8, 4) is 0 Å². The number of nitrogens with two attached hydrogens (primary N) is 1. The molecule has 1 saturated carbocycles. The number of rotatable bonds is 3. The van der Waals surface area contributed by atoms with Crippen molar-refractivity contribution in [1.29, 1.82) is 0 Å². The Kier molecular flexibility index (Phi) is 4.03. The summed E-state index contributed by atoms with van der Waals surface area (Å²) in [4.78, 5) is 2.75. The molecule has 140 valence electrons. The van der Waals surface area contributed by atoms with Crippen LogP contribution in [0.15, 0.2) is 60.7 Å². The molecule has 0 bridgehead atoms. The van der Waals surface area contributed by atoms with Crippen LogP contribution < -0.4 is 5.73 Å². The minimum atomic E-state index is 0.199. The fourth-order valence-electron chi connectivity index (χ4n) is 5.97. The van der Waals surface area contributed by atoms with Crippen molar-refractivity contribution >= 4 is 6.08 Å². The third-order valence-electron chi connectivity index (χ3n) is 7.77. The van der Waals surface area contributed by atoms with E-state index in [1.54, 1.807) is 5.56 Å². The number of benzene rings is 2. The van der Waals surface area contributed by atoms with Crippen LogP contribution in [0.3, 0.4) is 0 Å². The molecule has 0 unspecified atom stereocenters. The van der Waals surface area contributed by atoms with Gasteiger partial charge in [0.15, 0.2) is 0 Å². The number of fused-ring (bicyclic) bond motifs is 2. The zero-order chi connectivity index (χ0) is 18.5. The molecule has 2 heteroatoms. The lowest BCUT2D eigenvalue weighted by Gasteiger charge is -2.55. The molecular formula is C25H30N2. The number of likely N-dealkylation sites (tertiary alicyclic amines) is 1. The second-order valence-electron chi connectivity index (χ2n) is 9.02. The van der Waals surface area contributed by atoms with E-state index in [0.29, 0.717) is 12.0 Å². The van der Waals surface area contributed by atoms with E-state index < -0.39 is 0 Å². The molecule has 2 nitrogen and oxygen atoms in total. The summed E-state index contributed by atoms with van der Waals surface area (Å²) in [7, 11) is 0. The maximum absolute atomic E-state index is 6.24. The molecule has 2 aliphatic carbocycles. The van der Waals surface area contributed by atoms with E-state index >= 15 is 0 Å². The minimum Gasteiger partial charge on any atom is -0.330 e. The molecule has 2 aromatic rings. The average molecular weight is 359 g/mol. The molecule has 1 aliphatic heterocycles. The molecule has 27 heavy (non-hydrogen) atoms. The Bertz CT molecular complexity index is 850. The van der Waals surface area contributed by atoms with Crippen molar-refractivity contribution in [3.05, 3.63) is 77.4 Å². The number of hydrogen-bond acceptors (Lipinski definition) is 2. The average Bonchev–Trinajstić information content (AvgIpc) is 3.05. The lowest BCUT2D eigenvalue weighted by atomic mass is 9.60. The molecule has 2 aromatic carbocycles. The van der Waals surface area contributed by atoms with E-state index in [2.05, 4.69) is 78.6 Å². The van der Waals surface area contributed by atoms with Crippen LogP contribution in [0.1, 0.15) is 42.9 Å². The first-order chi connectivity index (χ1) is 13.2. The second kappa shape index (κ2) is 6.32. The van der Waals surface area contributed by atoms with Crippen molar-refractivity contribution in [2.45, 2.75) is 43.1 Å².